The third-order valence-corrected chi connectivity index (χ3v) is 2.43. The molecule has 0 saturated carbocycles. The molecule has 0 amide bonds. The molecule has 0 aliphatic heterocycles. The Morgan fingerprint density at radius 3 is 2.22 bits per heavy atom. The van der Waals surface area contributed by atoms with Gasteiger partial charge < -0.3 is 11.5 Å². The van der Waals surface area contributed by atoms with Crippen LogP contribution in [0, 0.1) is 6.92 Å². The van der Waals surface area contributed by atoms with Crippen molar-refractivity contribution in [3.63, 3.8) is 0 Å². The van der Waals surface area contributed by atoms with E-state index in [1.54, 1.807) is 18.2 Å². The van der Waals surface area contributed by atoms with Crippen LogP contribution in [0.25, 0.3) is 0 Å². The molecule has 0 unspecified atom stereocenters. The van der Waals surface area contributed by atoms with Gasteiger partial charge in [-0.2, -0.15) is 5.11 Å². The number of rotatable bonds is 2. The van der Waals surface area contributed by atoms with Gasteiger partial charge in [-0.15, -0.1) is 17.5 Å². The van der Waals surface area contributed by atoms with Crippen molar-refractivity contribution in [3.05, 3.63) is 48.0 Å². The molecule has 2 rings (SSSR count). The van der Waals surface area contributed by atoms with Crippen molar-refractivity contribution in [2.75, 3.05) is 11.5 Å². The van der Waals surface area contributed by atoms with Crippen molar-refractivity contribution in [1.82, 2.24) is 0 Å². The monoisotopic (exact) mass is 262 g/mol. The molecule has 0 radical (unpaired) electrons. The molecule has 0 aromatic heterocycles. The fourth-order valence-corrected chi connectivity index (χ4v) is 1.45. The van der Waals surface area contributed by atoms with Crippen molar-refractivity contribution in [3.8, 4) is 0 Å². The second-order valence-electron chi connectivity index (χ2n) is 3.80. The number of hydrogen-bond donors (Lipinski definition) is 2. The van der Waals surface area contributed by atoms with Crippen LogP contribution in [-0.4, -0.2) is 0 Å². The first kappa shape index (κ1) is 14.0. The molecular weight excluding hydrogens is 248 g/mol. The van der Waals surface area contributed by atoms with Crippen LogP contribution in [0.4, 0.5) is 22.7 Å². The van der Waals surface area contributed by atoms with Crippen molar-refractivity contribution in [2.24, 2.45) is 10.2 Å². The summed E-state index contributed by atoms with van der Waals surface area (Å²) in [6, 6.07) is 13.0. The van der Waals surface area contributed by atoms with Crippen LogP contribution in [0.15, 0.2) is 52.7 Å². The summed E-state index contributed by atoms with van der Waals surface area (Å²) in [6.07, 6.45) is 0. The SMILES string of the molecule is Cc1ccccc1N=Nc1ccc(N)cc1N.Cl. The summed E-state index contributed by atoms with van der Waals surface area (Å²) in [7, 11) is 0. The number of anilines is 2. The van der Waals surface area contributed by atoms with Gasteiger partial charge in [-0.3, -0.25) is 0 Å². The van der Waals surface area contributed by atoms with Crippen LogP contribution < -0.4 is 11.5 Å². The quantitative estimate of drug-likeness (QED) is 0.634. The van der Waals surface area contributed by atoms with Gasteiger partial charge in [-0.05, 0) is 36.8 Å². The molecule has 0 aliphatic carbocycles. The normalized spacial score (nSPS) is 10.3. The Kier molecular flexibility index (Phi) is 4.68. The number of hydrogen-bond acceptors (Lipinski definition) is 4. The maximum Gasteiger partial charge on any atom is 0.109 e. The lowest BCUT2D eigenvalue weighted by Crippen LogP contribution is -1.89. The van der Waals surface area contributed by atoms with E-state index in [9.17, 15) is 0 Å². The minimum absolute atomic E-state index is 0. The van der Waals surface area contributed by atoms with E-state index in [1.165, 1.54) is 0 Å². The number of halogens is 1. The molecule has 4 nitrogen and oxygen atoms in total. The first-order chi connectivity index (χ1) is 8.16. The molecule has 0 aliphatic rings. The lowest BCUT2D eigenvalue weighted by Gasteiger charge is -2.01. The zero-order chi connectivity index (χ0) is 12.3. The number of azo groups is 1. The summed E-state index contributed by atoms with van der Waals surface area (Å²) in [5.41, 5.74) is 15.1. The van der Waals surface area contributed by atoms with Crippen LogP contribution in [0.2, 0.25) is 0 Å². The van der Waals surface area contributed by atoms with Crippen LogP contribution in [0.1, 0.15) is 5.56 Å². The van der Waals surface area contributed by atoms with Gasteiger partial charge >= 0.3 is 0 Å². The zero-order valence-electron chi connectivity index (χ0n) is 10.00. The smallest absolute Gasteiger partial charge is 0.109 e. The summed E-state index contributed by atoms with van der Waals surface area (Å²) in [5, 5.41) is 8.29. The van der Waals surface area contributed by atoms with E-state index in [0.717, 1.165) is 11.3 Å². The number of nitrogens with zero attached hydrogens (tertiary/aromatic N) is 2. The summed E-state index contributed by atoms with van der Waals surface area (Å²) in [6.45, 7) is 1.99. The third-order valence-electron chi connectivity index (χ3n) is 2.43. The van der Waals surface area contributed by atoms with E-state index in [4.69, 9.17) is 11.5 Å². The number of nitrogens with two attached hydrogens (primary N) is 2. The van der Waals surface area contributed by atoms with E-state index < -0.39 is 0 Å². The first-order valence-electron chi connectivity index (χ1n) is 5.29. The van der Waals surface area contributed by atoms with Crippen molar-refractivity contribution >= 4 is 35.2 Å². The average Bonchev–Trinajstić information content (AvgIpc) is 2.30. The highest BCUT2D eigenvalue weighted by atomic mass is 35.5. The third kappa shape index (κ3) is 3.21. The summed E-state index contributed by atoms with van der Waals surface area (Å²) in [5.74, 6) is 0. The predicted molar refractivity (Wildman–Crippen MR) is 77.9 cm³/mol. The fraction of sp³-hybridized carbons (Fsp3) is 0.0769. The summed E-state index contributed by atoms with van der Waals surface area (Å²) >= 11 is 0. The topological polar surface area (TPSA) is 76.8 Å². The molecule has 0 saturated heterocycles. The van der Waals surface area contributed by atoms with Crippen molar-refractivity contribution < 1.29 is 0 Å². The molecule has 0 bridgehead atoms. The van der Waals surface area contributed by atoms with Crippen LogP contribution in [0.3, 0.4) is 0 Å². The first-order valence-corrected chi connectivity index (χ1v) is 5.29. The molecule has 4 N–H and O–H groups in total. The summed E-state index contributed by atoms with van der Waals surface area (Å²) in [4.78, 5) is 0. The molecule has 0 heterocycles. The van der Waals surface area contributed by atoms with Gasteiger partial charge in [0, 0.05) is 5.69 Å². The maximum atomic E-state index is 5.79. The molecule has 18 heavy (non-hydrogen) atoms. The minimum atomic E-state index is 0. The van der Waals surface area contributed by atoms with E-state index in [2.05, 4.69) is 10.2 Å². The second-order valence-corrected chi connectivity index (χ2v) is 3.80. The largest absolute Gasteiger partial charge is 0.399 e. The molecule has 0 fully saturated rings. The molecular formula is C13H15ClN4. The predicted octanol–water partition coefficient (Wildman–Crippen LogP) is 4.00. The highest BCUT2D eigenvalue weighted by molar-refractivity contribution is 5.85. The lowest BCUT2D eigenvalue weighted by molar-refractivity contribution is 1.21. The van der Waals surface area contributed by atoms with Gasteiger partial charge in [0.25, 0.3) is 0 Å². The van der Waals surface area contributed by atoms with E-state index >= 15 is 0 Å². The van der Waals surface area contributed by atoms with Crippen molar-refractivity contribution in [1.29, 1.82) is 0 Å². The van der Waals surface area contributed by atoms with E-state index in [-0.39, 0.29) is 12.4 Å². The van der Waals surface area contributed by atoms with Crippen LogP contribution in [0.5, 0.6) is 0 Å². The Morgan fingerprint density at radius 2 is 1.56 bits per heavy atom. The Morgan fingerprint density at radius 1 is 0.889 bits per heavy atom. The molecule has 2 aromatic rings. The fourth-order valence-electron chi connectivity index (χ4n) is 1.45. The number of aryl methyl sites for hydroxylation is 1. The van der Waals surface area contributed by atoms with Crippen LogP contribution >= 0.6 is 12.4 Å². The summed E-state index contributed by atoms with van der Waals surface area (Å²) < 4.78 is 0. The molecule has 0 spiro atoms. The highest BCUT2D eigenvalue weighted by Crippen LogP contribution is 2.27. The molecule has 5 heteroatoms. The van der Waals surface area contributed by atoms with Gasteiger partial charge in [0.15, 0.2) is 0 Å². The van der Waals surface area contributed by atoms with E-state index in [0.29, 0.717) is 17.1 Å². The van der Waals surface area contributed by atoms with Crippen molar-refractivity contribution in [2.45, 2.75) is 6.92 Å². The zero-order valence-corrected chi connectivity index (χ0v) is 10.8. The van der Waals surface area contributed by atoms with Gasteiger partial charge in [-0.25, -0.2) is 0 Å². The lowest BCUT2D eigenvalue weighted by atomic mass is 10.2. The molecule has 94 valence electrons. The minimum Gasteiger partial charge on any atom is -0.399 e. The molecule has 0 atom stereocenters. The second kappa shape index (κ2) is 6.02. The van der Waals surface area contributed by atoms with Crippen LogP contribution in [-0.2, 0) is 0 Å². The maximum absolute atomic E-state index is 5.79. The Hall–Kier alpha value is -2.07. The number of benzene rings is 2. The Balaban J connectivity index is 0.00000162. The Bertz CT molecular complexity index is 567. The van der Waals surface area contributed by atoms with Gasteiger partial charge in [0.1, 0.15) is 5.69 Å². The average molecular weight is 263 g/mol. The van der Waals surface area contributed by atoms with Gasteiger partial charge in [0.2, 0.25) is 0 Å². The number of nitrogen functional groups attached to an aromatic ring is 2. The molecule has 2 aromatic carbocycles. The standard InChI is InChI=1S/C13H14N4.ClH/c1-9-4-2-3-5-12(9)16-17-13-7-6-10(14)8-11(13)15;/h2-8H,14-15H2,1H3;1H. The van der Waals surface area contributed by atoms with Gasteiger partial charge in [0.05, 0.1) is 11.4 Å². The highest BCUT2D eigenvalue weighted by Gasteiger charge is 1.98. The van der Waals surface area contributed by atoms with Gasteiger partial charge in [-0.1, -0.05) is 18.2 Å². The Labute approximate surface area is 112 Å². The van der Waals surface area contributed by atoms with E-state index in [1.807, 2.05) is 31.2 Å².